The van der Waals surface area contributed by atoms with Gasteiger partial charge in [-0.1, -0.05) is 6.42 Å². The number of aliphatic carboxylic acids is 1. The standard InChI is InChI=1S/C14H14N2O6.Na/c17-12(18)4-2-1-3-7-15-13(19)10-6-5-9(16(21)22)8-11(10)14(15)20;/h5-6,8H,1-4,7H2,(H,17,18);/q;+1/p-1. The van der Waals surface area contributed by atoms with Crippen LogP contribution in [-0.4, -0.2) is 34.2 Å². The minimum Gasteiger partial charge on any atom is -0.550 e. The fraction of sp³-hybridized carbons (Fsp3) is 0.357. The van der Waals surface area contributed by atoms with Gasteiger partial charge >= 0.3 is 29.6 Å². The Morgan fingerprint density at radius 2 is 1.74 bits per heavy atom. The molecule has 0 saturated heterocycles. The molecule has 0 fully saturated rings. The molecule has 1 aromatic rings. The van der Waals surface area contributed by atoms with Gasteiger partial charge in [0.25, 0.3) is 17.5 Å². The van der Waals surface area contributed by atoms with Crippen molar-refractivity contribution in [2.45, 2.75) is 25.7 Å². The maximum Gasteiger partial charge on any atom is 1.00 e. The second kappa shape index (κ2) is 8.19. The van der Waals surface area contributed by atoms with Crippen molar-refractivity contribution in [3.05, 3.63) is 39.4 Å². The average Bonchev–Trinajstić information content (AvgIpc) is 2.70. The van der Waals surface area contributed by atoms with Crippen LogP contribution in [0.2, 0.25) is 0 Å². The molecule has 116 valence electrons. The Hall–Kier alpha value is -1.77. The SMILES string of the molecule is O=C([O-])CCCCCN1C(=O)c2ccc([N+](=O)[O-])cc2C1=O.[Na+]. The van der Waals surface area contributed by atoms with Crippen LogP contribution in [0.15, 0.2) is 18.2 Å². The number of rotatable bonds is 7. The number of hydrogen-bond acceptors (Lipinski definition) is 6. The molecule has 1 heterocycles. The van der Waals surface area contributed by atoms with Crippen molar-refractivity contribution in [3.63, 3.8) is 0 Å². The molecule has 0 saturated carbocycles. The van der Waals surface area contributed by atoms with E-state index in [1.807, 2.05) is 0 Å². The van der Waals surface area contributed by atoms with Crippen LogP contribution >= 0.6 is 0 Å². The van der Waals surface area contributed by atoms with Crippen LogP contribution in [0.1, 0.15) is 46.4 Å². The number of fused-ring (bicyclic) bond motifs is 1. The average molecular weight is 328 g/mol. The molecule has 8 nitrogen and oxygen atoms in total. The number of imide groups is 1. The number of carboxylic acid groups (broad SMARTS) is 1. The van der Waals surface area contributed by atoms with Crippen LogP contribution < -0.4 is 34.7 Å². The number of nitrogens with zero attached hydrogens (tertiary/aromatic N) is 2. The van der Waals surface area contributed by atoms with Gasteiger partial charge in [-0.15, -0.1) is 0 Å². The molecule has 2 amide bonds. The molecule has 0 aromatic heterocycles. The number of amides is 2. The monoisotopic (exact) mass is 328 g/mol. The van der Waals surface area contributed by atoms with E-state index in [0.717, 1.165) is 11.0 Å². The summed E-state index contributed by atoms with van der Waals surface area (Å²) in [7, 11) is 0. The Balaban J connectivity index is 0.00000264. The van der Waals surface area contributed by atoms with Crippen LogP contribution in [0.3, 0.4) is 0 Å². The Morgan fingerprint density at radius 3 is 2.35 bits per heavy atom. The maximum absolute atomic E-state index is 12.1. The van der Waals surface area contributed by atoms with Crippen LogP contribution in [0.5, 0.6) is 0 Å². The topological polar surface area (TPSA) is 121 Å². The normalized spacial score (nSPS) is 12.8. The van der Waals surface area contributed by atoms with E-state index in [2.05, 4.69) is 0 Å². The summed E-state index contributed by atoms with van der Waals surface area (Å²) >= 11 is 0. The Morgan fingerprint density at radius 1 is 1.09 bits per heavy atom. The summed E-state index contributed by atoms with van der Waals surface area (Å²) in [6.07, 6.45) is 1.37. The second-order valence-corrected chi connectivity index (χ2v) is 4.93. The van der Waals surface area contributed by atoms with Gasteiger partial charge in [0.2, 0.25) is 0 Å². The van der Waals surface area contributed by atoms with E-state index < -0.39 is 22.7 Å². The largest absolute Gasteiger partial charge is 1.00 e. The molecule has 0 atom stereocenters. The first-order chi connectivity index (χ1) is 10.4. The van der Waals surface area contributed by atoms with Gasteiger partial charge in [0, 0.05) is 24.6 Å². The number of unbranched alkanes of at least 4 members (excludes halogenated alkanes) is 2. The van der Waals surface area contributed by atoms with Crippen molar-refractivity contribution in [1.29, 1.82) is 0 Å². The third-order valence-electron chi connectivity index (χ3n) is 3.43. The molecule has 0 bridgehead atoms. The number of nitro groups is 1. The molecule has 23 heavy (non-hydrogen) atoms. The third kappa shape index (κ3) is 4.37. The number of carboxylic acids is 1. The molecule has 0 spiro atoms. The molecule has 1 aliphatic heterocycles. The van der Waals surface area contributed by atoms with Crippen molar-refractivity contribution in [2.24, 2.45) is 0 Å². The summed E-state index contributed by atoms with van der Waals surface area (Å²) < 4.78 is 0. The van der Waals surface area contributed by atoms with E-state index in [9.17, 15) is 29.6 Å². The minimum absolute atomic E-state index is 0. The minimum atomic E-state index is -1.13. The van der Waals surface area contributed by atoms with Gasteiger partial charge in [0.15, 0.2) is 0 Å². The van der Waals surface area contributed by atoms with Gasteiger partial charge in [-0.2, -0.15) is 0 Å². The number of nitro benzene ring substituents is 1. The summed E-state index contributed by atoms with van der Waals surface area (Å²) in [4.78, 5) is 45.6. The molecule has 0 N–H and O–H groups in total. The fourth-order valence-electron chi connectivity index (χ4n) is 2.31. The summed E-state index contributed by atoms with van der Waals surface area (Å²) in [5, 5.41) is 21.0. The first-order valence-electron chi connectivity index (χ1n) is 6.76. The molecule has 0 aliphatic carbocycles. The quantitative estimate of drug-likeness (QED) is 0.179. The van der Waals surface area contributed by atoms with Gasteiger partial charge in [-0.25, -0.2) is 0 Å². The molecular weight excluding hydrogens is 315 g/mol. The van der Waals surface area contributed by atoms with Gasteiger partial charge in [0.1, 0.15) is 0 Å². The van der Waals surface area contributed by atoms with Crippen LogP contribution in [0.25, 0.3) is 0 Å². The smallest absolute Gasteiger partial charge is 0.550 e. The summed E-state index contributed by atoms with van der Waals surface area (Å²) in [5.74, 6) is -2.16. The van der Waals surface area contributed by atoms with Gasteiger partial charge in [0.05, 0.1) is 16.1 Å². The molecular formula is C14H13N2NaO6. The maximum atomic E-state index is 12.1. The van der Waals surface area contributed by atoms with E-state index in [0.29, 0.717) is 19.3 Å². The molecule has 2 rings (SSSR count). The zero-order valence-corrected chi connectivity index (χ0v) is 14.6. The Bertz CT molecular complexity index is 661. The molecule has 0 radical (unpaired) electrons. The summed E-state index contributed by atoms with van der Waals surface area (Å²) in [5.41, 5.74) is -0.0463. The molecule has 1 aromatic carbocycles. The van der Waals surface area contributed by atoms with E-state index in [-0.39, 0.29) is 59.3 Å². The first kappa shape index (κ1) is 19.3. The summed E-state index contributed by atoms with van der Waals surface area (Å²) in [6.45, 7) is 0.160. The van der Waals surface area contributed by atoms with E-state index in [4.69, 9.17) is 0 Å². The van der Waals surface area contributed by atoms with E-state index >= 15 is 0 Å². The number of carbonyl (C=O) groups is 3. The Kier molecular flexibility index (Phi) is 6.86. The fourth-order valence-corrected chi connectivity index (χ4v) is 2.31. The van der Waals surface area contributed by atoms with Gasteiger partial charge in [-0.3, -0.25) is 24.6 Å². The van der Waals surface area contributed by atoms with Crippen LogP contribution in [0, 0.1) is 10.1 Å². The first-order valence-corrected chi connectivity index (χ1v) is 6.76. The number of benzene rings is 1. The van der Waals surface area contributed by atoms with E-state index in [1.165, 1.54) is 12.1 Å². The van der Waals surface area contributed by atoms with Crippen LogP contribution in [-0.2, 0) is 4.79 Å². The second-order valence-electron chi connectivity index (χ2n) is 4.93. The number of carbonyl (C=O) groups excluding carboxylic acids is 3. The van der Waals surface area contributed by atoms with Gasteiger partial charge in [-0.05, 0) is 25.3 Å². The van der Waals surface area contributed by atoms with Crippen molar-refractivity contribution < 1.29 is 54.0 Å². The predicted molar refractivity (Wildman–Crippen MR) is 71.9 cm³/mol. The molecule has 1 aliphatic rings. The number of non-ortho nitro benzene ring substituents is 1. The van der Waals surface area contributed by atoms with Crippen molar-refractivity contribution in [2.75, 3.05) is 6.54 Å². The van der Waals surface area contributed by atoms with Gasteiger partial charge < -0.3 is 9.90 Å². The molecule has 9 heteroatoms. The zero-order valence-electron chi connectivity index (χ0n) is 12.6. The Labute approximate surface area is 153 Å². The number of hydrogen-bond donors (Lipinski definition) is 0. The third-order valence-corrected chi connectivity index (χ3v) is 3.43. The predicted octanol–water partition coefficient (Wildman–Crippen LogP) is -2.49. The van der Waals surface area contributed by atoms with E-state index in [1.54, 1.807) is 0 Å². The molecule has 0 unspecified atom stereocenters. The van der Waals surface area contributed by atoms with Crippen molar-refractivity contribution in [3.8, 4) is 0 Å². The van der Waals surface area contributed by atoms with Crippen molar-refractivity contribution in [1.82, 2.24) is 4.90 Å². The summed E-state index contributed by atoms with van der Waals surface area (Å²) in [6, 6.07) is 3.57. The zero-order chi connectivity index (χ0) is 16.3. The van der Waals surface area contributed by atoms with Crippen molar-refractivity contribution >= 4 is 23.5 Å². The van der Waals surface area contributed by atoms with Crippen LogP contribution in [0.4, 0.5) is 5.69 Å².